The number of amides is 1. The van der Waals surface area contributed by atoms with Gasteiger partial charge in [-0.1, -0.05) is 44.2 Å². The van der Waals surface area contributed by atoms with E-state index in [1.54, 1.807) is 6.92 Å². The largest absolute Gasteiger partial charge is 0.368 e. The number of benzene rings is 1. The Kier molecular flexibility index (Phi) is 5.70. The summed E-state index contributed by atoms with van der Waals surface area (Å²) < 4.78 is 5.44. The quantitative estimate of drug-likeness (QED) is 0.822. The van der Waals surface area contributed by atoms with E-state index in [1.807, 2.05) is 30.3 Å². The summed E-state index contributed by atoms with van der Waals surface area (Å²) in [7, 11) is 0. The van der Waals surface area contributed by atoms with E-state index < -0.39 is 0 Å². The van der Waals surface area contributed by atoms with E-state index >= 15 is 0 Å². The van der Waals surface area contributed by atoms with E-state index in [0.29, 0.717) is 19.1 Å². The predicted molar refractivity (Wildman–Crippen MR) is 68.5 cm³/mol. The third kappa shape index (κ3) is 5.50. The first kappa shape index (κ1) is 13.7. The second-order valence-electron chi connectivity index (χ2n) is 4.57. The zero-order valence-corrected chi connectivity index (χ0v) is 10.8. The Balaban J connectivity index is 2.29. The predicted octanol–water partition coefficient (Wildman–Crippen LogP) is 2.36. The summed E-state index contributed by atoms with van der Waals surface area (Å²) in [6.07, 6.45) is -0.388. The summed E-state index contributed by atoms with van der Waals surface area (Å²) in [6.45, 7) is 7.07. The van der Waals surface area contributed by atoms with Crippen LogP contribution in [0.3, 0.4) is 0 Å². The van der Waals surface area contributed by atoms with Crippen molar-refractivity contribution in [3.05, 3.63) is 35.9 Å². The van der Waals surface area contributed by atoms with Gasteiger partial charge in [0.2, 0.25) is 5.91 Å². The molecule has 0 aromatic heterocycles. The maximum atomic E-state index is 11.7. The van der Waals surface area contributed by atoms with E-state index in [2.05, 4.69) is 19.2 Å². The van der Waals surface area contributed by atoms with E-state index in [-0.39, 0.29) is 12.0 Å². The van der Waals surface area contributed by atoms with Crippen molar-refractivity contribution in [1.82, 2.24) is 5.32 Å². The maximum Gasteiger partial charge on any atom is 0.249 e. The van der Waals surface area contributed by atoms with Gasteiger partial charge < -0.3 is 10.1 Å². The van der Waals surface area contributed by atoms with E-state index in [9.17, 15) is 4.79 Å². The van der Waals surface area contributed by atoms with Gasteiger partial charge in [-0.2, -0.15) is 0 Å². The summed E-state index contributed by atoms with van der Waals surface area (Å²) in [6, 6.07) is 9.85. The van der Waals surface area contributed by atoms with E-state index in [1.165, 1.54) is 0 Å². The van der Waals surface area contributed by atoms with Gasteiger partial charge in [0.25, 0.3) is 0 Å². The number of carbonyl (C=O) groups is 1. The molecule has 1 N–H and O–H groups in total. The molecule has 3 heteroatoms. The second-order valence-corrected chi connectivity index (χ2v) is 4.57. The zero-order chi connectivity index (χ0) is 12.7. The fourth-order valence-electron chi connectivity index (χ4n) is 1.34. The van der Waals surface area contributed by atoms with Gasteiger partial charge in [0.15, 0.2) is 0 Å². The van der Waals surface area contributed by atoms with Crippen molar-refractivity contribution in [1.29, 1.82) is 0 Å². The highest BCUT2D eigenvalue weighted by Gasteiger charge is 2.13. The van der Waals surface area contributed by atoms with Crippen molar-refractivity contribution in [2.75, 3.05) is 6.61 Å². The number of ether oxygens (including phenoxy) is 1. The highest BCUT2D eigenvalue weighted by atomic mass is 16.5. The van der Waals surface area contributed by atoms with Crippen LogP contribution in [0.1, 0.15) is 26.3 Å². The number of carbonyl (C=O) groups excluding carboxylic acids is 1. The zero-order valence-electron chi connectivity index (χ0n) is 10.8. The van der Waals surface area contributed by atoms with E-state index in [4.69, 9.17) is 4.74 Å². The molecule has 0 aliphatic heterocycles. The maximum absolute atomic E-state index is 11.7. The molecule has 0 radical (unpaired) electrons. The standard InChI is InChI=1S/C14H21NO2/c1-11(2)10-17-12(3)14(16)15-9-13-7-5-4-6-8-13/h4-8,11-12H,9-10H2,1-3H3,(H,15,16). The minimum atomic E-state index is -0.388. The molecule has 0 saturated carbocycles. The lowest BCUT2D eigenvalue weighted by molar-refractivity contribution is -0.132. The third-order valence-corrected chi connectivity index (χ3v) is 2.36. The Bertz CT molecular complexity index is 335. The summed E-state index contributed by atoms with van der Waals surface area (Å²) in [5.74, 6) is 0.383. The van der Waals surface area contributed by atoms with Crippen molar-refractivity contribution < 1.29 is 9.53 Å². The molecular weight excluding hydrogens is 214 g/mol. The highest BCUT2D eigenvalue weighted by molar-refractivity contribution is 5.80. The minimum Gasteiger partial charge on any atom is -0.368 e. The molecule has 0 aliphatic carbocycles. The van der Waals surface area contributed by atoms with Gasteiger partial charge in [0.1, 0.15) is 6.10 Å². The molecule has 1 unspecified atom stereocenters. The molecule has 0 aliphatic rings. The summed E-state index contributed by atoms with van der Waals surface area (Å²) in [5.41, 5.74) is 1.09. The van der Waals surface area contributed by atoms with Crippen LogP contribution in [0.4, 0.5) is 0 Å². The van der Waals surface area contributed by atoms with Crippen molar-refractivity contribution in [3.8, 4) is 0 Å². The molecule has 3 nitrogen and oxygen atoms in total. The second kappa shape index (κ2) is 7.07. The van der Waals surface area contributed by atoms with Crippen LogP contribution >= 0.6 is 0 Å². The van der Waals surface area contributed by atoms with Gasteiger partial charge >= 0.3 is 0 Å². The molecule has 0 saturated heterocycles. The number of hydrogen-bond acceptors (Lipinski definition) is 2. The first-order chi connectivity index (χ1) is 8.09. The lowest BCUT2D eigenvalue weighted by Crippen LogP contribution is -2.34. The Morgan fingerprint density at radius 2 is 1.88 bits per heavy atom. The van der Waals surface area contributed by atoms with Gasteiger partial charge in [-0.05, 0) is 18.4 Å². The van der Waals surface area contributed by atoms with Gasteiger partial charge in [0, 0.05) is 13.2 Å². The Morgan fingerprint density at radius 3 is 2.47 bits per heavy atom. The Hall–Kier alpha value is -1.35. The van der Waals surface area contributed by atoms with Gasteiger partial charge in [0.05, 0.1) is 0 Å². The van der Waals surface area contributed by atoms with Crippen LogP contribution in [0.15, 0.2) is 30.3 Å². The lowest BCUT2D eigenvalue weighted by Gasteiger charge is -2.14. The summed E-state index contributed by atoms with van der Waals surface area (Å²) in [4.78, 5) is 11.7. The average molecular weight is 235 g/mol. The Labute approximate surface area is 103 Å². The molecule has 17 heavy (non-hydrogen) atoms. The van der Waals surface area contributed by atoms with Crippen LogP contribution < -0.4 is 5.32 Å². The van der Waals surface area contributed by atoms with Crippen LogP contribution in [-0.2, 0) is 16.1 Å². The molecule has 1 amide bonds. The molecule has 1 aromatic rings. The van der Waals surface area contributed by atoms with Crippen LogP contribution in [0.2, 0.25) is 0 Å². The topological polar surface area (TPSA) is 38.3 Å². The number of rotatable bonds is 6. The molecule has 94 valence electrons. The molecule has 1 atom stereocenters. The summed E-state index contributed by atoms with van der Waals surface area (Å²) >= 11 is 0. The van der Waals surface area contributed by atoms with Crippen molar-refractivity contribution in [2.24, 2.45) is 5.92 Å². The molecular formula is C14H21NO2. The van der Waals surface area contributed by atoms with Crippen molar-refractivity contribution in [2.45, 2.75) is 33.4 Å². The number of hydrogen-bond donors (Lipinski definition) is 1. The molecule has 0 heterocycles. The van der Waals surface area contributed by atoms with Crippen LogP contribution in [-0.4, -0.2) is 18.6 Å². The van der Waals surface area contributed by atoms with Gasteiger partial charge in [-0.15, -0.1) is 0 Å². The van der Waals surface area contributed by atoms with Crippen molar-refractivity contribution >= 4 is 5.91 Å². The first-order valence-corrected chi connectivity index (χ1v) is 6.03. The SMILES string of the molecule is CC(C)COC(C)C(=O)NCc1ccccc1. The van der Waals surface area contributed by atoms with Crippen LogP contribution in [0.25, 0.3) is 0 Å². The normalized spacial score (nSPS) is 12.5. The molecule has 0 bridgehead atoms. The highest BCUT2D eigenvalue weighted by Crippen LogP contribution is 2.00. The molecule has 0 fully saturated rings. The monoisotopic (exact) mass is 235 g/mol. The van der Waals surface area contributed by atoms with E-state index in [0.717, 1.165) is 5.56 Å². The first-order valence-electron chi connectivity index (χ1n) is 6.03. The summed E-state index contributed by atoms with van der Waals surface area (Å²) in [5, 5.41) is 2.86. The molecule has 0 spiro atoms. The third-order valence-electron chi connectivity index (χ3n) is 2.36. The fourth-order valence-corrected chi connectivity index (χ4v) is 1.34. The smallest absolute Gasteiger partial charge is 0.249 e. The minimum absolute atomic E-state index is 0.0606. The molecule has 1 rings (SSSR count). The lowest BCUT2D eigenvalue weighted by atomic mass is 10.2. The number of nitrogens with one attached hydrogen (secondary N) is 1. The van der Waals surface area contributed by atoms with Crippen LogP contribution in [0, 0.1) is 5.92 Å². The van der Waals surface area contributed by atoms with Crippen LogP contribution in [0.5, 0.6) is 0 Å². The fraction of sp³-hybridized carbons (Fsp3) is 0.500. The average Bonchev–Trinajstić information content (AvgIpc) is 2.34. The Morgan fingerprint density at radius 1 is 1.24 bits per heavy atom. The van der Waals surface area contributed by atoms with Gasteiger partial charge in [-0.3, -0.25) is 4.79 Å². The molecule has 1 aromatic carbocycles. The van der Waals surface area contributed by atoms with Gasteiger partial charge in [-0.25, -0.2) is 0 Å². The van der Waals surface area contributed by atoms with Crippen molar-refractivity contribution in [3.63, 3.8) is 0 Å².